The van der Waals surface area contributed by atoms with Crippen molar-refractivity contribution < 1.29 is 24.2 Å². The van der Waals surface area contributed by atoms with Crippen LogP contribution in [0, 0.1) is 6.92 Å². The Morgan fingerprint density at radius 2 is 1.67 bits per heavy atom. The number of rotatable bonds is 8. The van der Waals surface area contributed by atoms with Crippen molar-refractivity contribution in [3.63, 3.8) is 0 Å². The highest BCUT2D eigenvalue weighted by Crippen LogP contribution is 2.41. The number of carbonyl (C=O) groups excluding carboxylic acids is 3. The molecular weight excluding hydrogens is 454 g/mol. The molecule has 1 aliphatic rings. The van der Waals surface area contributed by atoms with E-state index in [4.69, 9.17) is 4.74 Å². The smallest absolute Gasteiger partial charge is 0.338 e. The fourth-order valence-electron chi connectivity index (χ4n) is 4.39. The molecule has 1 unspecified atom stereocenters. The predicted molar refractivity (Wildman–Crippen MR) is 138 cm³/mol. The number of aryl methyl sites for hydroxylation is 2. The van der Waals surface area contributed by atoms with Gasteiger partial charge in [0.2, 0.25) is 0 Å². The van der Waals surface area contributed by atoms with Crippen LogP contribution in [0.3, 0.4) is 0 Å². The van der Waals surface area contributed by atoms with Gasteiger partial charge in [-0.3, -0.25) is 14.5 Å². The molecule has 4 rings (SSSR count). The van der Waals surface area contributed by atoms with Crippen LogP contribution in [0.1, 0.15) is 53.4 Å². The number of carbonyl (C=O) groups is 3. The standard InChI is InChI=1S/C30H29NO5/c1-19(2)36-30(35)22-13-15-24(16-14-22)31-27(23-11-7-8-20(3)18-23)26(28(33)29(31)34)25(32)17-12-21-9-5-4-6-10-21/h4-11,13-16,18-19,27,33H,12,17H2,1-3H3. The van der Waals surface area contributed by atoms with Crippen LogP contribution in [0.5, 0.6) is 0 Å². The van der Waals surface area contributed by atoms with Crippen LogP contribution in [0.25, 0.3) is 0 Å². The zero-order valence-electron chi connectivity index (χ0n) is 20.6. The van der Waals surface area contributed by atoms with E-state index in [1.54, 1.807) is 38.1 Å². The summed E-state index contributed by atoms with van der Waals surface area (Å²) in [5.74, 6) is -1.93. The molecule has 0 aromatic heterocycles. The molecule has 6 heteroatoms. The number of esters is 1. The minimum Gasteiger partial charge on any atom is -0.503 e. The lowest BCUT2D eigenvalue weighted by Crippen LogP contribution is -2.31. The van der Waals surface area contributed by atoms with Crippen molar-refractivity contribution in [3.8, 4) is 0 Å². The van der Waals surface area contributed by atoms with E-state index in [0.29, 0.717) is 17.7 Å². The van der Waals surface area contributed by atoms with E-state index >= 15 is 0 Å². The Hall–Kier alpha value is -4.19. The molecule has 3 aromatic carbocycles. The number of ether oxygens (including phenoxy) is 1. The molecule has 1 N–H and O–H groups in total. The summed E-state index contributed by atoms with van der Waals surface area (Å²) < 4.78 is 5.24. The van der Waals surface area contributed by atoms with Gasteiger partial charge in [-0.15, -0.1) is 0 Å². The van der Waals surface area contributed by atoms with Crippen molar-refractivity contribution in [3.05, 3.63) is 112 Å². The van der Waals surface area contributed by atoms with Crippen LogP contribution in [0.2, 0.25) is 0 Å². The Morgan fingerprint density at radius 3 is 2.31 bits per heavy atom. The van der Waals surface area contributed by atoms with E-state index in [-0.39, 0.29) is 23.9 Å². The van der Waals surface area contributed by atoms with Gasteiger partial charge < -0.3 is 9.84 Å². The highest BCUT2D eigenvalue weighted by Gasteiger charge is 2.44. The van der Waals surface area contributed by atoms with Crippen LogP contribution in [-0.2, 0) is 20.7 Å². The van der Waals surface area contributed by atoms with Crippen LogP contribution >= 0.6 is 0 Å². The second kappa shape index (κ2) is 10.6. The highest BCUT2D eigenvalue weighted by molar-refractivity contribution is 6.16. The van der Waals surface area contributed by atoms with Crippen molar-refractivity contribution >= 4 is 23.3 Å². The summed E-state index contributed by atoms with van der Waals surface area (Å²) in [4.78, 5) is 40.4. The number of nitrogens with zero attached hydrogens (tertiary/aromatic N) is 1. The van der Waals surface area contributed by atoms with E-state index in [0.717, 1.165) is 16.7 Å². The van der Waals surface area contributed by atoms with E-state index in [2.05, 4.69) is 0 Å². The minimum atomic E-state index is -0.783. The van der Waals surface area contributed by atoms with Gasteiger partial charge in [0, 0.05) is 12.1 Å². The molecule has 0 saturated carbocycles. The fraction of sp³-hybridized carbons (Fsp3) is 0.233. The lowest BCUT2D eigenvalue weighted by Gasteiger charge is -2.27. The fourth-order valence-corrected chi connectivity index (χ4v) is 4.39. The Bertz CT molecular complexity index is 1310. The van der Waals surface area contributed by atoms with Gasteiger partial charge in [0.1, 0.15) is 0 Å². The van der Waals surface area contributed by atoms with E-state index < -0.39 is 23.7 Å². The molecule has 1 aliphatic heterocycles. The summed E-state index contributed by atoms with van der Waals surface area (Å²) in [6.07, 6.45) is 0.402. The van der Waals surface area contributed by atoms with Gasteiger partial charge >= 0.3 is 5.97 Å². The van der Waals surface area contributed by atoms with Crippen molar-refractivity contribution in [1.29, 1.82) is 0 Å². The van der Waals surface area contributed by atoms with Gasteiger partial charge in [-0.05, 0) is 62.6 Å². The first kappa shape index (κ1) is 24.9. The normalized spacial score (nSPS) is 15.5. The van der Waals surface area contributed by atoms with E-state index in [9.17, 15) is 19.5 Å². The molecule has 0 fully saturated rings. The third-order valence-electron chi connectivity index (χ3n) is 6.07. The molecule has 0 aliphatic carbocycles. The monoisotopic (exact) mass is 483 g/mol. The first-order valence-electron chi connectivity index (χ1n) is 12.0. The molecule has 0 saturated heterocycles. The molecule has 0 bridgehead atoms. The van der Waals surface area contributed by atoms with Gasteiger partial charge in [-0.1, -0.05) is 60.2 Å². The second-order valence-corrected chi connectivity index (χ2v) is 9.16. The highest BCUT2D eigenvalue weighted by atomic mass is 16.5. The van der Waals surface area contributed by atoms with Crippen molar-refractivity contribution in [2.24, 2.45) is 0 Å². The summed E-state index contributed by atoms with van der Waals surface area (Å²) in [6.45, 7) is 5.47. The molecule has 0 spiro atoms. The second-order valence-electron chi connectivity index (χ2n) is 9.16. The number of amides is 1. The average Bonchev–Trinajstić information content (AvgIpc) is 3.13. The molecule has 36 heavy (non-hydrogen) atoms. The van der Waals surface area contributed by atoms with Gasteiger partial charge in [-0.25, -0.2) is 4.79 Å². The minimum absolute atomic E-state index is 0.0878. The van der Waals surface area contributed by atoms with Crippen molar-refractivity contribution in [1.82, 2.24) is 0 Å². The number of benzene rings is 3. The van der Waals surface area contributed by atoms with Crippen LogP contribution < -0.4 is 4.90 Å². The molecule has 3 aromatic rings. The van der Waals surface area contributed by atoms with Gasteiger partial charge in [-0.2, -0.15) is 0 Å². The molecular formula is C30H29NO5. The zero-order valence-corrected chi connectivity index (χ0v) is 20.6. The molecule has 1 atom stereocenters. The lowest BCUT2D eigenvalue weighted by atomic mass is 9.92. The maximum Gasteiger partial charge on any atom is 0.338 e. The Kier molecular flexibility index (Phi) is 7.34. The predicted octanol–water partition coefficient (Wildman–Crippen LogP) is 5.66. The molecule has 1 heterocycles. The topological polar surface area (TPSA) is 83.9 Å². The lowest BCUT2D eigenvalue weighted by molar-refractivity contribution is -0.118. The summed E-state index contributed by atoms with van der Waals surface area (Å²) in [6, 6.07) is 22.8. The molecule has 184 valence electrons. The summed E-state index contributed by atoms with van der Waals surface area (Å²) in [5.41, 5.74) is 3.59. The summed E-state index contributed by atoms with van der Waals surface area (Å²) in [5, 5.41) is 10.9. The molecule has 0 radical (unpaired) electrons. The number of hydrogen-bond acceptors (Lipinski definition) is 5. The van der Waals surface area contributed by atoms with E-state index in [1.165, 1.54) is 4.90 Å². The Labute approximate surface area is 210 Å². The van der Waals surface area contributed by atoms with Crippen LogP contribution in [-0.4, -0.2) is 28.9 Å². The van der Waals surface area contributed by atoms with Crippen molar-refractivity contribution in [2.45, 2.75) is 45.8 Å². The van der Waals surface area contributed by atoms with Gasteiger partial charge in [0.25, 0.3) is 5.91 Å². The number of ketones is 1. The quantitative estimate of drug-likeness (QED) is 0.418. The Balaban J connectivity index is 1.69. The van der Waals surface area contributed by atoms with E-state index in [1.807, 2.05) is 61.5 Å². The number of hydrogen-bond donors (Lipinski definition) is 1. The van der Waals surface area contributed by atoms with Crippen LogP contribution in [0.4, 0.5) is 5.69 Å². The largest absolute Gasteiger partial charge is 0.503 e. The molecule has 6 nitrogen and oxygen atoms in total. The first-order valence-corrected chi connectivity index (χ1v) is 12.0. The number of aliphatic hydroxyl groups is 1. The van der Waals surface area contributed by atoms with Gasteiger partial charge in [0.15, 0.2) is 11.5 Å². The Morgan fingerprint density at radius 1 is 0.972 bits per heavy atom. The number of aliphatic hydroxyl groups excluding tert-OH is 1. The number of anilines is 1. The first-order chi connectivity index (χ1) is 17.3. The average molecular weight is 484 g/mol. The summed E-state index contributed by atoms with van der Waals surface area (Å²) >= 11 is 0. The van der Waals surface area contributed by atoms with Crippen molar-refractivity contribution in [2.75, 3.05) is 4.90 Å². The maximum atomic E-state index is 13.4. The maximum absolute atomic E-state index is 13.4. The third kappa shape index (κ3) is 5.23. The van der Waals surface area contributed by atoms with Crippen LogP contribution in [0.15, 0.2) is 90.2 Å². The zero-order chi connectivity index (χ0) is 25.8. The number of Topliss-reactive ketones (excluding diaryl/α,β-unsaturated/α-hetero) is 1. The SMILES string of the molecule is Cc1cccc(C2C(C(=O)CCc3ccccc3)=C(O)C(=O)N2c2ccc(C(=O)OC(C)C)cc2)c1. The summed E-state index contributed by atoms with van der Waals surface area (Å²) in [7, 11) is 0. The van der Waals surface area contributed by atoms with Gasteiger partial charge in [0.05, 0.1) is 23.3 Å². The third-order valence-corrected chi connectivity index (χ3v) is 6.07. The molecule has 1 amide bonds.